The van der Waals surface area contributed by atoms with Crippen molar-refractivity contribution in [1.29, 1.82) is 0 Å². The lowest BCUT2D eigenvalue weighted by atomic mass is 9.69. The molecule has 9 heteroatoms. The van der Waals surface area contributed by atoms with Crippen LogP contribution in [0.4, 0.5) is 0 Å². The Morgan fingerprint density at radius 2 is 1.56 bits per heavy atom. The van der Waals surface area contributed by atoms with E-state index in [2.05, 4.69) is 17.1 Å². The maximum Gasteiger partial charge on any atom is 0.240 e. The number of hydrogen-bond donors (Lipinski definition) is 1. The molecule has 2 saturated heterocycles. The van der Waals surface area contributed by atoms with Crippen molar-refractivity contribution in [2.75, 3.05) is 12.8 Å². The highest BCUT2D eigenvalue weighted by molar-refractivity contribution is 7.91. The van der Waals surface area contributed by atoms with Crippen LogP contribution in [0.1, 0.15) is 84.5 Å². The van der Waals surface area contributed by atoms with Gasteiger partial charge in [-0.05, 0) is 95.3 Å². The van der Waals surface area contributed by atoms with Crippen LogP contribution in [-0.2, 0) is 19.4 Å². The summed E-state index contributed by atoms with van der Waals surface area (Å²) in [4.78, 5) is 30.8. The van der Waals surface area contributed by atoms with Crippen molar-refractivity contribution in [3.63, 3.8) is 0 Å². The monoisotopic (exact) mass is 541 g/mol. The second-order valence-corrected chi connectivity index (χ2v) is 15.5. The number of alkyl halides is 1. The van der Waals surface area contributed by atoms with Gasteiger partial charge in [0.1, 0.15) is 9.84 Å². The van der Waals surface area contributed by atoms with E-state index in [1.54, 1.807) is 6.92 Å². The summed E-state index contributed by atoms with van der Waals surface area (Å²) in [5.41, 5.74) is 0. The van der Waals surface area contributed by atoms with Crippen molar-refractivity contribution in [3.05, 3.63) is 0 Å². The lowest BCUT2D eigenvalue weighted by Crippen LogP contribution is -2.68. The Bertz CT molecular complexity index is 953. The molecule has 2 amide bonds. The van der Waals surface area contributed by atoms with Gasteiger partial charge in [-0.15, -0.1) is 11.6 Å². The number of sulfone groups is 1. The van der Waals surface area contributed by atoms with Gasteiger partial charge in [0.2, 0.25) is 11.8 Å². The highest BCUT2D eigenvalue weighted by Crippen LogP contribution is 2.44. The number of carbonyl (C=O) groups excluding carboxylic acids is 2. The van der Waals surface area contributed by atoms with Crippen LogP contribution in [0.15, 0.2) is 0 Å². The van der Waals surface area contributed by atoms with Crippen molar-refractivity contribution in [2.24, 2.45) is 17.8 Å². The van der Waals surface area contributed by atoms with Crippen LogP contribution in [0, 0.1) is 17.8 Å². The molecule has 2 heterocycles. The number of rotatable bonds is 3. The van der Waals surface area contributed by atoms with Gasteiger partial charge in [-0.3, -0.25) is 9.59 Å². The number of halogens is 1. The maximum atomic E-state index is 14.0. The first-order valence-corrected chi connectivity index (χ1v) is 16.6. The summed E-state index contributed by atoms with van der Waals surface area (Å²) < 4.78 is 24.1. The van der Waals surface area contributed by atoms with E-state index in [0.29, 0.717) is 30.3 Å². The summed E-state index contributed by atoms with van der Waals surface area (Å²) in [6, 6.07) is 0.392. The van der Waals surface area contributed by atoms with Gasteiger partial charge in [0.05, 0.1) is 23.4 Å². The van der Waals surface area contributed by atoms with Gasteiger partial charge in [-0.25, -0.2) is 8.42 Å². The lowest BCUT2D eigenvalue weighted by Gasteiger charge is -2.55. The normalized spacial score (nSPS) is 43.6. The Hall–Kier alpha value is -0.860. The third-order valence-corrected chi connectivity index (χ3v) is 12.4. The largest absolute Gasteiger partial charge is 0.334 e. The molecule has 0 bridgehead atoms. The number of piperazine rings is 1. The van der Waals surface area contributed by atoms with Crippen LogP contribution >= 0.6 is 11.6 Å². The van der Waals surface area contributed by atoms with E-state index >= 15 is 0 Å². The smallest absolute Gasteiger partial charge is 0.240 e. The Balaban J connectivity index is 1.31. The molecule has 5 rings (SSSR count). The molecular formula is C27H44ClN3O4S. The highest BCUT2D eigenvalue weighted by Gasteiger charge is 2.50. The summed E-state index contributed by atoms with van der Waals surface area (Å²) in [6.45, 7) is 4.34. The van der Waals surface area contributed by atoms with E-state index in [1.165, 1.54) is 6.26 Å². The second-order valence-electron chi connectivity index (χ2n) is 12.6. The lowest BCUT2D eigenvalue weighted by molar-refractivity contribution is -0.155. The average molecular weight is 542 g/mol. The number of fused-ring (bicyclic) bond motifs is 2. The van der Waals surface area contributed by atoms with Gasteiger partial charge in [-0.1, -0.05) is 0 Å². The number of amides is 2. The molecule has 5 fully saturated rings. The first kappa shape index (κ1) is 26.7. The average Bonchev–Trinajstić information content (AvgIpc) is 3.25. The van der Waals surface area contributed by atoms with Gasteiger partial charge in [0, 0.05) is 37.2 Å². The Labute approximate surface area is 222 Å². The van der Waals surface area contributed by atoms with Crippen molar-refractivity contribution in [3.8, 4) is 0 Å². The molecule has 1 N–H and O–H groups in total. The molecule has 0 aromatic heterocycles. The molecule has 7 nitrogen and oxygen atoms in total. The van der Waals surface area contributed by atoms with Crippen LogP contribution in [-0.4, -0.2) is 83.7 Å². The number of carbonyl (C=O) groups is 2. The minimum atomic E-state index is -2.98. The Morgan fingerprint density at radius 3 is 2.22 bits per heavy atom. The van der Waals surface area contributed by atoms with Gasteiger partial charge in [-0.2, -0.15) is 0 Å². The minimum Gasteiger partial charge on any atom is -0.334 e. The van der Waals surface area contributed by atoms with Crippen molar-refractivity contribution >= 4 is 33.3 Å². The summed E-state index contributed by atoms with van der Waals surface area (Å²) in [5, 5.41) is 3.69. The molecule has 5 aliphatic rings. The second kappa shape index (κ2) is 10.4. The first-order chi connectivity index (χ1) is 17.0. The van der Waals surface area contributed by atoms with Crippen molar-refractivity contribution < 1.29 is 18.0 Å². The van der Waals surface area contributed by atoms with Gasteiger partial charge in [0.15, 0.2) is 0 Å². The van der Waals surface area contributed by atoms with E-state index in [0.717, 1.165) is 70.6 Å². The summed E-state index contributed by atoms with van der Waals surface area (Å²) in [7, 11) is -2.98. The Kier molecular flexibility index (Phi) is 7.70. The van der Waals surface area contributed by atoms with Crippen LogP contribution in [0.2, 0.25) is 0 Å². The topological polar surface area (TPSA) is 86.8 Å². The molecule has 0 spiro atoms. The van der Waals surface area contributed by atoms with E-state index in [9.17, 15) is 18.0 Å². The van der Waals surface area contributed by atoms with Crippen molar-refractivity contribution in [1.82, 2.24) is 15.1 Å². The maximum absolute atomic E-state index is 14.0. The minimum absolute atomic E-state index is 0.0188. The van der Waals surface area contributed by atoms with E-state index in [4.69, 9.17) is 11.6 Å². The van der Waals surface area contributed by atoms with Crippen molar-refractivity contribution in [2.45, 2.75) is 125 Å². The van der Waals surface area contributed by atoms with Crippen LogP contribution in [0.25, 0.3) is 0 Å². The summed E-state index contributed by atoms with van der Waals surface area (Å²) in [6.07, 6.45) is 11.6. The molecule has 0 aromatic carbocycles. The molecule has 8 atom stereocenters. The molecule has 3 aliphatic carbocycles. The molecule has 3 saturated carbocycles. The number of nitrogens with zero attached hydrogens (tertiary/aromatic N) is 2. The van der Waals surface area contributed by atoms with Crippen LogP contribution in [0.5, 0.6) is 0 Å². The summed E-state index contributed by atoms with van der Waals surface area (Å²) >= 11 is 6.44. The fraction of sp³-hybridized carbons (Fsp3) is 0.926. The van der Waals surface area contributed by atoms with Gasteiger partial charge < -0.3 is 15.1 Å². The first-order valence-electron chi connectivity index (χ1n) is 14.2. The molecule has 0 aromatic rings. The SMILES string of the molecule is CC(=O)N1C2CCC(C3CCC(S(C)(=O)=O)CC3)CC2N(C(=O)C2CC3CC(Cl)CCC3N2)C[C@@H]1C. The molecule has 36 heavy (non-hydrogen) atoms. The molecule has 2 aliphatic heterocycles. The molecular weight excluding hydrogens is 498 g/mol. The van der Waals surface area contributed by atoms with E-state index in [1.807, 2.05) is 4.90 Å². The third kappa shape index (κ3) is 5.20. The standard InChI is InChI=1S/C27H44ClN3O4S/c1-16-15-30(27(33)24-13-20-12-21(28)7-10-23(20)29-24)26-14-19(6-11-25(26)31(16)17(2)32)18-4-8-22(9-5-18)36(3,34)35/h16,18-26,29H,4-15H2,1-3H3/t16-,18?,19?,20?,21?,22?,23?,24?,25?,26?/m0/s1. The van der Waals surface area contributed by atoms with Gasteiger partial charge >= 0.3 is 0 Å². The predicted octanol–water partition coefficient (Wildman–Crippen LogP) is 3.34. The Morgan fingerprint density at radius 1 is 0.861 bits per heavy atom. The quantitative estimate of drug-likeness (QED) is 0.554. The zero-order valence-electron chi connectivity index (χ0n) is 22.1. The van der Waals surface area contributed by atoms with Crippen LogP contribution < -0.4 is 5.32 Å². The zero-order chi connectivity index (χ0) is 25.8. The fourth-order valence-electron chi connectivity index (χ4n) is 8.56. The highest BCUT2D eigenvalue weighted by atomic mass is 35.5. The molecule has 7 unspecified atom stereocenters. The molecule has 204 valence electrons. The molecule has 0 radical (unpaired) electrons. The van der Waals surface area contributed by atoms with Crippen LogP contribution in [0.3, 0.4) is 0 Å². The van der Waals surface area contributed by atoms with Gasteiger partial charge in [0.25, 0.3) is 0 Å². The summed E-state index contributed by atoms with van der Waals surface area (Å²) in [5.74, 6) is 1.79. The zero-order valence-corrected chi connectivity index (χ0v) is 23.6. The fourth-order valence-corrected chi connectivity index (χ4v) is 10.0. The number of nitrogens with one attached hydrogen (secondary N) is 1. The number of hydrogen-bond acceptors (Lipinski definition) is 5. The third-order valence-electron chi connectivity index (χ3n) is 10.3. The van der Waals surface area contributed by atoms with E-state index < -0.39 is 9.84 Å². The van der Waals surface area contributed by atoms with E-state index in [-0.39, 0.29) is 46.6 Å². The predicted molar refractivity (Wildman–Crippen MR) is 142 cm³/mol.